The Hall–Kier alpha value is -0.530. The standard InChI is InChI=1S/C13H16ClN/c14-12-3-1-11(2-4-12)13-6-5-10(7-13)8-15-9-13/h1-4,10,15H,5-9H2. The molecule has 2 unspecified atom stereocenters. The van der Waals surface area contributed by atoms with Crippen molar-refractivity contribution in [2.24, 2.45) is 5.92 Å². The Balaban J connectivity index is 1.95. The molecule has 2 aliphatic rings. The van der Waals surface area contributed by atoms with E-state index < -0.39 is 0 Å². The molecule has 2 fully saturated rings. The number of benzene rings is 1. The SMILES string of the molecule is Clc1ccc(C23CCC(CNC2)C3)cc1. The molecule has 0 spiro atoms. The van der Waals surface area contributed by atoms with Gasteiger partial charge in [-0.2, -0.15) is 0 Å². The first kappa shape index (κ1) is 9.68. The minimum Gasteiger partial charge on any atom is -0.316 e. The molecule has 1 nitrogen and oxygen atoms in total. The van der Waals surface area contributed by atoms with Gasteiger partial charge in [0.2, 0.25) is 0 Å². The molecule has 0 amide bonds. The molecule has 2 heteroatoms. The molecule has 1 aromatic rings. The summed E-state index contributed by atoms with van der Waals surface area (Å²) in [7, 11) is 0. The van der Waals surface area contributed by atoms with Crippen LogP contribution in [0.2, 0.25) is 5.02 Å². The highest BCUT2D eigenvalue weighted by Gasteiger charge is 2.42. The van der Waals surface area contributed by atoms with Gasteiger partial charge in [0.25, 0.3) is 0 Å². The summed E-state index contributed by atoms with van der Waals surface area (Å²) in [5, 5.41) is 4.41. The van der Waals surface area contributed by atoms with E-state index in [1.54, 1.807) is 0 Å². The van der Waals surface area contributed by atoms with Gasteiger partial charge < -0.3 is 5.32 Å². The van der Waals surface area contributed by atoms with Gasteiger partial charge in [0, 0.05) is 17.0 Å². The zero-order valence-electron chi connectivity index (χ0n) is 8.80. The number of piperidine rings is 1. The summed E-state index contributed by atoms with van der Waals surface area (Å²) in [4.78, 5) is 0. The first-order valence-corrected chi connectivity index (χ1v) is 6.13. The lowest BCUT2D eigenvalue weighted by Gasteiger charge is -2.34. The Morgan fingerprint density at radius 1 is 1.27 bits per heavy atom. The van der Waals surface area contributed by atoms with E-state index in [0.29, 0.717) is 5.41 Å². The van der Waals surface area contributed by atoms with Crippen molar-refractivity contribution in [1.82, 2.24) is 5.32 Å². The topological polar surface area (TPSA) is 12.0 Å². The summed E-state index contributed by atoms with van der Waals surface area (Å²) >= 11 is 5.93. The van der Waals surface area contributed by atoms with E-state index in [2.05, 4.69) is 17.4 Å². The van der Waals surface area contributed by atoms with Gasteiger partial charge >= 0.3 is 0 Å². The molecule has 1 aliphatic carbocycles. The summed E-state index contributed by atoms with van der Waals surface area (Å²) in [5.41, 5.74) is 1.88. The van der Waals surface area contributed by atoms with Gasteiger partial charge in [0.05, 0.1) is 0 Å². The van der Waals surface area contributed by atoms with Crippen molar-refractivity contribution in [3.63, 3.8) is 0 Å². The van der Waals surface area contributed by atoms with Crippen LogP contribution in [0.15, 0.2) is 24.3 Å². The van der Waals surface area contributed by atoms with Gasteiger partial charge in [-0.3, -0.25) is 0 Å². The fourth-order valence-electron chi connectivity index (χ4n) is 3.26. The van der Waals surface area contributed by atoms with Crippen LogP contribution in [0.5, 0.6) is 0 Å². The molecule has 0 radical (unpaired) electrons. The molecule has 0 aromatic heterocycles. The summed E-state index contributed by atoms with van der Waals surface area (Å²) in [6, 6.07) is 8.45. The van der Waals surface area contributed by atoms with Crippen molar-refractivity contribution in [2.45, 2.75) is 24.7 Å². The van der Waals surface area contributed by atoms with Gasteiger partial charge in [-0.25, -0.2) is 0 Å². The molecule has 1 saturated heterocycles. The van der Waals surface area contributed by atoms with Crippen LogP contribution in [0.1, 0.15) is 24.8 Å². The molecule has 1 aromatic carbocycles. The van der Waals surface area contributed by atoms with Gasteiger partial charge in [-0.05, 0) is 49.4 Å². The van der Waals surface area contributed by atoms with Crippen LogP contribution in [-0.4, -0.2) is 13.1 Å². The van der Waals surface area contributed by atoms with Crippen molar-refractivity contribution in [2.75, 3.05) is 13.1 Å². The average molecular weight is 222 g/mol. The molecular weight excluding hydrogens is 206 g/mol. The summed E-state index contributed by atoms with van der Waals surface area (Å²) in [6.45, 7) is 2.36. The van der Waals surface area contributed by atoms with Crippen LogP contribution in [-0.2, 0) is 5.41 Å². The molecule has 3 rings (SSSR count). The van der Waals surface area contributed by atoms with Crippen molar-refractivity contribution in [3.8, 4) is 0 Å². The smallest absolute Gasteiger partial charge is 0.0406 e. The minimum atomic E-state index is 0.410. The molecule has 1 heterocycles. The Morgan fingerprint density at radius 2 is 2.07 bits per heavy atom. The van der Waals surface area contributed by atoms with E-state index in [1.807, 2.05) is 12.1 Å². The average Bonchev–Trinajstić information content (AvgIpc) is 2.56. The van der Waals surface area contributed by atoms with Crippen LogP contribution < -0.4 is 5.32 Å². The number of hydrogen-bond donors (Lipinski definition) is 1. The number of rotatable bonds is 1. The maximum Gasteiger partial charge on any atom is 0.0406 e. The van der Waals surface area contributed by atoms with E-state index in [1.165, 1.54) is 31.4 Å². The van der Waals surface area contributed by atoms with Crippen LogP contribution in [0.3, 0.4) is 0 Å². The van der Waals surface area contributed by atoms with E-state index in [4.69, 9.17) is 11.6 Å². The molecule has 2 atom stereocenters. The van der Waals surface area contributed by atoms with Crippen molar-refractivity contribution in [1.29, 1.82) is 0 Å². The zero-order chi connectivity index (χ0) is 10.3. The number of halogens is 1. The molecule has 1 saturated carbocycles. The van der Waals surface area contributed by atoms with Crippen molar-refractivity contribution < 1.29 is 0 Å². The van der Waals surface area contributed by atoms with Gasteiger partial charge in [0.15, 0.2) is 0 Å². The molecule has 1 aliphatic heterocycles. The van der Waals surface area contributed by atoms with E-state index in [9.17, 15) is 0 Å². The highest BCUT2D eigenvalue weighted by molar-refractivity contribution is 6.30. The first-order valence-electron chi connectivity index (χ1n) is 5.75. The fourth-order valence-corrected chi connectivity index (χ4v) is 3.38. The third-order valence-corrected chi connectivity index (χ3v) is 4.32. The number of hydrogen-bond acceptors (Lipinski definition) is 1. The lowest BCUT2D eigenvalue weighted by molar-refractivity contribution is 0.327. The van der Waals surface area contributed by atoms with Crippen LogP contribution in [0, 0.1) is 5.92 Å². The predicted molar refractivity (Wildman–Crippen MR) is 63.3 cm³/mol. The first-order chi connectivity index (χ1) is 7.28. The number of nitrogens with one attached hydrogen (secondary N) is 1. The van der Waals surface area contributed by atoms with Crippen LogP contribution in [0.25, 0.3) is 0 Å². The van der Waals surface area contributed by atoms with E-state index >= 15 is 0 Å². The van der Waals surface area contributed by atoms with Gasteiger partial charge in [-0.1, -0.05) is 23.7 Å². The fraction of sp³-hybridized carbons (Fsp3) is 0.538. The Bertz CT molecular complexity index is 355. The lowest BCUT2D eigenvalue weighted by Crippen LogP contribution is -2.42. The van der Waals surface area contributed by atoms with Crippen LogP contribution in [0.4, 0.5) is 0 Å². The quantitative estimate of drug-likeness (QED) is 0.769. The Labute approximate surface area is 95.8 Å². The summed E-state index contributed by atoms with van der Waals surface area (Å²) < 4.78 is 0. The maximum atomic E-state index is 5.93. The molecule has 80 valence electrons. The third-order valence-electron chi connectivity index (χ3n) is 4.06. The van der Waals surface area contributed by atoms with Gasteiger partial charge in [0.1, 0.15) is 0 Å². The van der Waals surface area contributed by atoms with E-state index in [0.717, 1.165) is 17.5 Å². The third kappa shape index (κ3) is 1.58. The monoisotopic (exact) mass is 221 g/mol. The molecule has 1 N–H and O–H groups in total. The zero-order valence-corrected chi connectivity index (χ0v) is 9.56. The predicted octanol–water partition coefficient (Wildman–Crippen LogP) is 2.98. The Kier molecular flexibility index (Phi) is 2.26. The van der Waals surface area contributed by atoms with Gasteiger partial charge in [-0.15, -0.1) is 0 Å². The largest absolute Gasteiger partial charge is 0.316 e. The normalized spacial score (nSPS) is 34.3. The number of fused-ring (bicyclic) bond motifs is 2. The van der Waals surface area contributed by atoms with Crippen molar-refractivity contribution >= 4 is 11.6 Å². The molecular formula is C13H16ClN. The molecule has 2 bridgehead atoms. The second-order valence-electron chi connectivity index (χ2n) is 5.03. The Morgan fingerprint density at radius 3 is 2.87 bits per heavy atom. The summed E-state index contributed by atoms with van der Waals surface area (Å²) in [5.74, 6) is 0.898. The van der Waals surface area contributed by atoms with E-state index in [-0.39, 0.29) is 0 Å². The van der Waals surface area contributed by atoms with Crippen molar-refractivity contribution in [3.05, 3.63) is 34.9 Å². The minimum absolute atomic E-state index is 0.410. The summed E-state index contributed by atoms with van der Waals surface area (Å²) in [6.07, 6.45) is 4.09. The maximum absolute atomic E-state index is 5.93. The second-order valence-corrected chi connectivity index (χ2v) is 5.46. The highest BCUT2D eigenvalue weighted by Crippen LogP contribution is 2.45. The second kappa shape index (κ2) is 3.50. The lowest BCUT2D eigenvalue weighted by atomic mass is 9.76. The highest BCUT2D eigenvalue weighted by atomic mass is 35.5. The van der Waals surface area contributed by atoms with Crippen LogP contribution >= 0.6 is 11.6 Å². The molecule has 15 heavy (non-hydrogen) atoms.